The number of unbranched alkanes of at least 4 members (excludes halogenated alkanes) is 1. The third-order valence-corrected chi connectivity index (χ3v) is 5.20. The molecule has 1 unspecified atom stereocenters. The number of aliphatic hydroxyl groups excluding tert-OH is 1. The van der Waals surface area contributed by atoms with E-state index in [4.69, 9.17) is 0 Å². The van der Waals surface area contributed by atoms with Crippen molar-refractivity contribution in [2.45, 2.75) is 83.7 Å². The topological polar surface area (TPSA) is 20.2 Å². The van der Waals surface area contributed by atoms with Gasteiger partial charge in [0.2, 0.25) is 0 Å². The summed E-state index contributed by atoms with van der Waals surface area (Å²) < 4.78 is 0. The summed E-state index contributed by atoms with van der Waals surface area (Å²) in [5.74, 6) is 2.47. The Balaban J connectivity index is 1.63. The first-order chi connectivity index (χ1) is 8.29. The van der Waals surface area contributed by atoms with Crippen molar-refractivity contribution in [2.24, 2.45) is 17.8 Å². The smallest absolute Gasteiger partial charge is 0.0571 e. The Kier molecular flexibility index (Phi) is 5.34. The van der Waals surface area contributed by atoms with Crippen molar-refractivity contribution in [3.05, 3.63) is 0 Å². The second kappa shape index (κ2) is 6.78. The van der Waals surface area contributed by atoms with E-state index in [1.165, 1.54) is 64.2 Å². The Morgan fingerprint density at radius 3 is 2.24 bits per heavy atom. The molecule has 2 aliphatic carbocycles. The summed E-state index contributed by atoms with van der Waals surface area (Å²) in [6.07, 6.45) is 14.8. The van der Waals surface area contributed by atoms with Gasteiger partial charge in [0.25, 0.3) is 0 Å². The average Bonchev–Trinajstić information content (AvgIpc) is 2.31. The van der Waals surface area contributed by atoms with Crippen LogP contribution in [-0.2, 0) is 0 Å². The summed E-state index contributed by atoms with van der Waals surface area (Å²) in [5, 5.41) is 10.3. The molecule has 0 heterocycles. The van der Waals surface area contributed by atoms with Gasteiger partial charge in [-0.1, -0.05) is 58.3 Å². The molecule has 0 aromatic heterocycles. The maximum Gasteiger partial charge on any atom is 0.0571 e. The molecule has 0 bridgehead atoms. The van der Waals surface area contributed by atoms with Crippen LogP contribution in [0.25, 0.3) is 0 Å². The molecule has 0 aliphatic heterocycles. The van der Waals surface area contributed by atoms with Gasteiger partial charge in [-0.2, -0.15) is 0 Å². The summed E-state index contributed by atoms with van der Waals surface area (Å²) in [7, 11) is 0. The minimum absolute atomic E-state index is 0.0208. The van der Waals surface area contributed by atoms with Crippen LogP contribution in [0.2, 0.25) is 0 Å². The van der Waals surface area contributed by atoms with E-state index in [9.17, 15) is 5.11 Å². The molecule has 0 aromatic carbocycles. The third-order valence-electron chi connectivity index (χ3n) is 5.20. The van der Waals surface area contributed by atoms with E-state index >= 15 is 0 Å². The fourth-order valence-electron chi connectivity index (χ4n) is 3.62. The maximum atomic E-state index is 10.3. The first-order valence-electron chi connectivity index (χ1n) is 7.97. The van der Waals surface area contributed by atoms with Gasteiger partial charge in [-0.3, -0.25) is 0 Å². The highest BCUT2D eigenvalue weighted by Crippen LogP contribution is 2.38. The van der Waals surface area contributed by atoms with Crippen LogP contribution in [0.3, 0.4) is 0 Å². The molecule has 0 saturated heterocycles. The van der Waals surface area contributed by atoms with Gasteiger partial charge < -0.3 is 5.11 Å². The molecule has 1 atom stereocenters. The monoisotopic (exact) mass is 238 g/mol. The number of aliphatic hydroxyl groups is 1. The third kappa shape index (κ3) is 3.98. The molecule has 1 nitrogen and oxygen atoms in total. The van der Waals surface area contributed by atoms with E-state index in [2.05, 4.69) is 6.92 Å². The fraction of sp³-hybridized carbons (Fsp3) is 1.00. The van der Waals surface area contributed by atoms with Crippen LogP contribution in [0.4, 0.5) is 0 Å². The van der Waals surface area contributed by atoms with Crippen LogP contribution in [0.5, 0.6) is 0 Å². The minimum atomic E-state index is 0.0208. The largest absolute Gasteiger partial charge is 0.393 e. The Morgan fingerprint density at radius 2 is 1.71 bits per heavy atom. The molecule has 100 valence electrons. The van der Waals surface area contributed by atoms with E-state index in [1.807, 2.05) is 0 Å². The molecule has 0 spiro atoms. The Morgan fingerprint density at radius 1 is 1.00 bits per heavy atom. The number of rotatable bonds is 6. The van der Waals surface area contributed by atoms with Gasteiger partial charge in [0.1, 0.15) is 0 Å². The molecular weight excluding hydrogens is 208 g/mol. The van der Waals surface area contributed by atoms with Crippen molar-refractivity contribution in [1.82, 2.24) is 0 Å². The van der Waals surface area contributed by atoms with Crippen molar-refractivity contribution in [1.29, 1.82) is 0 Å². The molecule has 0 amide bonds. The van der Waals surface area contributed by atoms with E-state index < -0.39 is 0 Å². The Hall–Kier alpha value is -0.0400. The highest BCUT2D eigenvalue weighted by molar-refractivity contribution is 4.81. The first-order valence-corrected chi connectivity index (χ1v) is 7.97. The summed E-state index contributed by atoms with van der Waals surface area (Å²) in [5.41, 5.74) is 0. The van der Waals surface area contributed by atoms with Gasteiger partial charge in [-0.15, -0.1) is 0 Å². The van der Waals surface area contributed by atoms with Gasteiger partial charge in [0, 0.05) is 0 Å². The molecule has 2 saturated carbocycles. The van der Waals surface area contributed by atoms with Gasteiger partial charge in [-0.25, -0.2) is 0 Å². The average molecular weight is 238 g/mol. The van der Waals surface area contributed by atoms with Crippen LogP contribution in [0.15, 0.2) is 0 Å². The molecule has 17 heavy (non-hydrogen) atoms. The van der Waals surface area contributed by atoms with Gasteiger partial charge in [0.15, 0.2) is 0 Å². The van der Waals surface area contributed by atoms with Crippen molar-refractivity contribution >= 4 is 0 Å². The second-order valence-electron chi connectivity index (χ2n) is 6.52. The predicted molar refractivity (Wildman–Crippen MR) is 72.9 cm³/mol. The highest BCUT2D eigenvalue weighted by atomic mass is 16.3. The van der Waals surface area contributed by atoms with Crippen molar-refractivity contribution < 1.29 is 5.11 Å². The van der Waals surface area contributed by atoms with Crippen molar-refractivity contribution in [3.63, 3.8) is 0 Å². The zero-order valence-corrected chi connectivity index (χ0v) is 11.5. The normalized spacial score (nSPS) is 32.1. The van der Waals surface area contributed by atoms with Crippen LogP contribution in [0, 0.1) is 17.8 Å². The van der Waals surface area contributed by atoms with E-state index in [0.717, 1.165) is 18.3 Å². The fourth-order valence-corrected chi connectivity index (χ4v) is 3.62. The summed E-state index contributed by atoms with van der Waals surface area (Å²) in [6.45, 7) is 2.29. The van der Waals surface area contributed by atoms with Gasteiger partial charge >= 0.3 is 0 Å². The lowest BCUT2D eigenvalue weighted by molar-refractivity contribution is 0.0404. The quantitative estimate of drug-likeness (QED) is 0.720. The van der Waals surface area contributed by atoms with Gasteiger partial charge in [-0.05, 0) is 37.0 Å². The Labute approximate surface area is 107 Å². The lowest BCUT2D eigenvalue weighted by Crippen LogP contribution is -2.29. The van der Waals surface area contributed by atoms with Crippen LogP contribution >= 0.6 is 0 Å². The van der Waals surface area contributed by atoms with Gasteiger partial charge in [0.05, 0.1) is 6.10 Å². The molecule has 2 rings (SSSR count). The first kappa shape index (κ1) is 13.4. The Bertz CT molecular complexity index is 202. The summed E-state index contributed by atoms with van der Waals surface area (Å²) >= 11 is 0. The zero-order valence-electron chi connectivity index (χ0n) is 11.5. The van der Waals surface area contributed by atoms with Crippen molar-refractivity contribution in [3.8, 4) is 0 Å². The number of hydrogen-bond donors (Lipinski definition) is 1. The summed E-state index contributed by atoms with van der Waals surface area (Å²) in [6, 6.07) is 0. The van der Waals surface area contributed by atoms with Crippen molar-refractivity contribution in [2.75, 3.05) is 0 Å². The van der Waals surface area contributed by atoms with E-state index in [-0.39, 0.29) is 6.10 Å². The second-order valence-corrected chi connectivity index (χ2v) is 6.52. The molecular formula is C16H30O. The standard InChI is InChI=1S/C16H30O/c1-2-3-5-13-8-10-15(11-9-13)16(17)12-14-6-4-7-14/h13-17H,2-12H2,1H3. The SMILES string of the molecule is CCCCC1CCC(C(O)CC2CCC2)CC1. The minimum Gasteiger partial charge on any atom is -0.393 e. The van der Waals surface area contributed by atoms with E-state index in [0.29, 0.717) is 5.92 Å². The molecule has 1 heteroatoms. The zero-order chi connectivity index (χ0) is 12.1. The van der Waals surface area contributed by atoms with Crippen LogP contribution in [-0.4, -0.2) is 11.2 Å². The highest BCUT2D eigenvalue weighted by Gasteiger charge is 2.29. The maximum absolute atomic E-state index is 10.3. The van der Waals surface area contributed by atoms with Crippen LogP contribution in [0.1, 0.15) is 77.6 Å². The van der Waals surface area contributed by atoms with E-state index in [1.54, 1.807) is 0 Å². The molecule has 1 N–H and O–H groups in total. The predicted octanol–water partition coefficient (Wildman–Crippen LogP) is 4.53. The molecule has 2 aliphatic rings. The number of hydrogen-bond acceptors (Lipinski definition) is 1. The van der Waals surface area contributed by atoms with Crippen LogP contribution < -0.4 is 0 Å². The molecule has 0 radical (unpaired) electrons. The lowest BCUT2D eigenvalue weighted by atomic mass is 9.73. The molecule has 0 aromatic rings. The summed E-state index contributed by atoms with van der Waals surface area (Å²) in [4.78, 5) is 0. The lowest BCUT2D eigenvalue weighted by Gasteiger charge is -2.35. The molecule has 2 fully saturated rings.